The molecule has 2 aromatic carbocycles. The highest BCUT2D eigenvalue weighted by Gasteiger charge is 2.29. The third-order valence-electron chi connectivity index (χ3n) is 4.59. The Hall–Kier alpha value is -2.66. The van der Waals surface area contributed by atoms with Gasteiger partial charge in [0.05, 0.1) is 5.92 Å². The van der Waals surface area contributed by atoms with Gasteiger partial charge in [0.15, 0.2) is 0 Å². The monoisotopic (exact) mass is 367 g/mol. The molecule has 6 heteroatoms. The molecule has 1 saturated heterocycles. The van der Waals surface area contributed by atoms with Crippen LogP contribution >= 0.6 is 11.6 Å². The molecule has 1 aromatic heterocycles. The molecule has 1 aliphatic heterocycles. The van der Waals surface area contributed by atoms with Gasteiger partial charge in [0.1, 0.15) is 0 Å². The fraction of sp³-hybridized carbons (Fsp3) is 0.250. The summed E-state index contributed by atoms with van der Waals surface area (Å²) in [6, 6.07) is 16.7. The van der Waals surface area contributed by atoms with Gasteiger partial charge in [0.25, 0.3) is 5.91 Å². The molecule has 2 heterocycles. The van der Waals surface area contributed by atoms with E-state index in [2.05, 4.69) is 10.2 Å². The summed E-state index contributed by atoms with van der Waals surface area (Å²) in [7, 11) is 0. The van der Waals surface area contributed by atoms with E-state index in [0.29, 0.717) is 28.9 Å². The lowest BCUT2D eigenvalue weighted by molar-refractivity contribution is 0.0698. The molecule has 1 atom stereocenters. The van der Waals surface area contributed by atoms with Crippen LogP contribution in [0.2, 0.25) is 5.02 Å². The van der Waals surface area contributed by atoms with Crippen molar-refractivity contribution in [2.45, 2.75) is 18.8 Å². The topological polar surface area (TPSA) is 59.2 Å². The average molecular weight is 368 g/mol. The molecule has 0 unspecified atom stereocenters. The van der Waals surface area contributed by atoms with Crippen LogP contribution in [0, 0.1) is 0 Å². The average Bonchev–Trinajstić information content (AvgIpc) is 3.18. The molecule has 1 fully saturated rings. The first-order chi connectivity index (χ1) is 12.7. The Kier molecular flexibility index (Phi) is 4.71. The van der Waals surface area contributed by atoms with Gasteiger partial charge in [-0.1, -0.05) is 35.9 Å². The predicted molar refractivity (Wildman–Crippen MR) is 99.1 cm³/mol. The van der Waals surface area contributed by atoms with Gasteiger partial charge in [0.2, 0.25) is 11.8 Å². The van der Waals surface area contributed by atoms with Crippen molar-refractivity contribution < 1.29 is 9.21 Å². The lowest BCUT2D eigenvalue weighted by Crippen LogP contribution is -2.39. The zero-order valence-electron chi connectivity index (χ0n) is 14.1. The Morgan fingerprint density at radius 3 is 2.77 bits per heavy atom. The van der Waals surface area contributed by atoms with Crippen LogP contribution in [0.25, 0.3) is 11.5 Å². The maximum absolute atomic E-state index is 12.8. The molecule has 1 amide bonds. The highest BCUT2D eigenvalue weighted by Crippen LogP contribution is 2.29. The summed E-state index contributed by atoms with van der Waals surface area (Å²) in [6.45, 7) is 1.29. The van der Waals surface area contributed by atoms with E-state index in [1.807, 2.05) is 35.2 Å². The highest BCUT2D eigenvalue weighted by atomic mass is 35.5. The quantitative estimate of drug-likeness (QED) is 0.688. The van der Waals surface area contributed by atoms with E-state index in [1.54, 1.807) is 24.3 Å². The van der Waals surface area contributed by atoms with Crippen LogP contribution in [0.5, 0.6) is 0 Å². The van der Waals surface area contributed by atoms with Crippen molar-refractivity contribution in [2.75, 3.05) is 13.1 Å². The summed E-state index contributed by atoms with van der Waals surface area (Å²) in [5.41, 5.74) is 1.50. The number of aromatic nitrogens is 2. The first-order valence-electron chi connectivity index (χ1n) is 8.64. The molecule has 0 spiro atoms. The maximum Gasteiger partial charge on any atom is 0.253 e. The number of amides is 1. The Bertz CT molecular complexity index is 910. The van der Waals surface area contributed by atoms with Crippen LogP contribution in [0.3, 0.4) is 0 Å². The zero-order valence-corrected chi connectivity index (χ0v) is 14.9. The Morgan fingerprint density at radius 2 is 1.96 bits per heavy atom. The van der Waals surface area contributed by atoms with Crippen LogP contribution < -0.4 is 0 Å². The molecule has 0 aliphatic carbocycles. The van der Waals surface area contributed by atoms with Gasteiger partial charge in [-0.25, -0.2) is 0 Å². The van der Waals surface area contributed by atoms with E-state index >= 15 is 0 Å². The number of hydrogen-bond acceptors (Lipinski definition) is 4. The van der Waals surface area contributed by atoms with E-state index in [1.165, 1.54) is 0 Å². The first kappa shape index (κ1) is 16.8. The summed E-state index contributed by atoms with van der Waals surface area (Å²) in [6.07, 6.45) is 1.83. The Labute approximate surface area is 156 Å². The Balaban J connectivity index is 1.50. The number of piperidine rings is 1. The van der Waals surface area contributed by atoms with Crippen molar-refractivity contribution in [1.29, 1.82) is 0 Å². The zero-order chi connectivity index (χ0) is 17.9. The minimum atomic E-state index is -0.0139. The molecule has 0 radical (unpaired) electrons. The van der Waals surface area contributed by atoms with Gasteiger partial charge in [-0.05, 0) is 43.2 Å². The van der Waals surface area contributed by atoms with Crippen molar-refractivity contribution in [1.82, 2.24) is 15.1 Å². The molecule has 3 aromatic rings. The lowest BCUT2D eigenvalue weighted by atomic mass is 9.97. The lowest BCUT2D eigenvalue weighted by Gasteiger charge is -2.31. The minimum absolute atomic E-state index is 0.0139. The number of hydrogen-bond donors (Lipinski definition) is 0. The molecule has 0 bridgehead atoms. The van der Waals surface area contributed by atoms with E-state index in [-0.39, 0.29) is 11.8 Å². The second kappa shape index (κ2) is 7.30. The fourth-order valence-electron chi connectivity index (χ4n) is 3.26. The third kappa shape index (κ3) is 3.48. The number of carbonyl (C=O) groups is 1. The van der Waals surface area contributed by atoms with Crippen LogP contribution in [0.1, 0.15) is 35.0 Å². The molecular formula is C20H18ClN3O2. The van der Waals surface area contributed by atoms with E-state index < -0.39 is 0 Å². The third-order valence-corrected chi connectivity index (χ3v) is 4.83. The van der Waals surface area contributed by atoms with Crippen molar-refractivity contribution in [3.8, 4) is 11.5 Å². The summed E-state index contributed by atoms with van der Waals surface area (Å²) in [5, 5.41) is 8.95. The van der Waals surface area contributed by atoms with Crippen LogP contribution in [0.15, 0.2) is 59.0 Å². The van der Waals surface area contributed by atoms with Gasteiger partial charge in [-0.2, -0.15) is 0 Å². The normalized spacial score (nSPS) is 17.3. The number of benzene rings is 2. The second-order valence-electron chi connectivity index (χ2n) is 6.41. The van der Waals surface area contributed by atoms with Gasteiger partial charge >= 0.3 is 0 Å². The number of rotatable bonds is 3. The maximum atomic E-state index is 12.8. The molecule has 26 heavy (non-hydrogen) atoms. The van der Waals surface area contributed by atoms with Gasteiger partial charge in [-0.15, -0.1) is 10.2 Å². The number of carbonyl (C=O) groups excluding carboxylic acids is 1. The summed E-state index contributed by atoms with van der Waals surface area (Å²) < 4.78 is 5.88. The van der Waals surface area contributed by atoms with Crippen LogP contribution in [-0.2, 0) is 0 Å². The second-order valence-corrected chi connectivity index (χ2v) is 6.85. The van der Waals surface area contributed by atoms with Crippen molar-refractivity contribution in [3.63, 3.8) is 0 Å². The summed E-state index contributed by atoms with van der Waals surface area (Å²) in [5.74, 6) is 1.14. The molecule has 0 N–H and O–H groups in total. The first-order valence-corrected chi connectivity index (χ1v) is 9.02. The van der Waals surface area contributed by atoms with Crippen LogP contribution in [0.4, 0.5) is 0 Å². The van der Waals surface area contributed by atoms with E-state index in [9.17, 15) is 4.79 Å². The number of halogens is 1. The van der Waals surface area contributed by atoms with Gasteiger partial charge in [0, 0.05) is 29.2 Å². The molecule has 0 saturated carbocycles. The van der Waals surface area contributed by atoms with Crippen molar-refractivity contribution >= 4 is 17.5 Å². The van der Waals surface area contributed by atoms with Gasteiger partial charge < -0.3 is 9.32 Å². The number of likely N-dealkylation sites (tertiary alicyclic amines) is 1. The molecule has 1 aliphatic rings. The van der Waals surface area contributed by atoms with E-state index in [4.69, 9.17) is 16.0 Å². The molecule has 5 nitrogen and oxygen atoms in total. The largest absolute Gasteiger partial charge is 0.420 e. The van der Waals surface area contributed by atoms with E-state index in [0.717, 1.165) is 24.9 Å². The standard InChI is InChI=1S/C20H18ClN3O2/c21-17-10-4-8-15(12-17)20(25)24-11-5-9-16(13-24)19-23-22-18(26-19)14-6-2-1-3-7-14/h1-4,6-8,10,12,16H,5,9,11,13H2/t16-/m0/s1. The summed E-state index contributed by atoms with van der Waals surface area (Å²) >= 11 is 6.01. The number of nitrogens with zero attached hydrogens (tertiary/aromatic N) is 3. The smallest absolute Gasteiger partial charge is 0.253 e. The Morgan fingerprint density at radius 1 is 1.12 bits per heavy atom. The molecular weight excluding hydrogens is 350 g/mol. The van der Waals surface area contributed by atoms with Gasteiger partial charge in [-0.3, -0.25) is 4.79 Å². The molecule has 132 valence electrons. The summed E-state index contributed by atoms with van der Waals surface area (Å²) in [4.78, 5) is 14.6. The minimum Gasteiger partial charge on any atom is -0.420 e. The highest BCUT2D eigenvalue weighted by molar-refractivity contribution is 6.30. The van der Waals surface area contributed by atoms with Crippen LogP contribution in [-0.4, -0.2) is 34.1 Å². The predicted octanol–water partition coefficient (Wildman–Crippen LogP) is 4.41. The van der Waals surface area contributed by atoms with Crippen molar-refractivity contribution in [2.24, 2.45) is 0 Å². The SMILES string of the molecule is O=C(c1cccc(Cl)c1)N1CCC[C@H](c2nnc(-c3ccccc3)o2)C1. The van der Waals surface area contributed by atoms with Crippen molar-refractivity contribution in [3.05, 3.63) is 71.1 Å². The molecule has 4 rings (SSSR count). The fourth-order valence-corrected chi connectivity index (χ4v) is 3.45.